The summed E-state index contributed by atoms with van der Waals surface area (Å²) >= 11 is 4.49. The molecule has 0 unspecified atom stereocenters. The lowest BCUT2D eigenvalue weighted by Crippen LogP contribution is -2.13. The fraction of sp³-hybridized carbons (Fsp3) is 0.0833. The number of nitriles is 1. The largest absolute Gasteiger partial charge is 0.465 e. The number of hydrogen-bond donors (Lipinski definition) is 1. The van der Waals surface area contributed by atoms with Crippen molar-refractivity contribution in [2.24, 2.45) is 0 Å². The SMILES string of the molecule is COC(=O)c1sc(NC(=O)c2cc(-c3cccc(Br)c3)nc3ccccc23)c(C#N)c1C. The second-order valence-electron chi connectivity index (χ2n) is 6.90. The maximum absolute atomic E-state index is 13.3. The number of rotatable bonds is 4. The Morgan fingerprint density at radius 2 is 1.94 bits per heavy atom. The Morgan fingerprint density at radius 1 is 1.16 bits per heavy atom. The van der Waals surface area contributed by atoms with Crippen LogP contribution in [0.15, 0.2) is 59.1 Å². The Balaban J connectivity index is 1.81. The van der Waals surface area contributed by atoms with Gasteiger partial charge in [0, 0.05) is 15.4 Å². The summed E-state index contributed by atoms with van der Waals surface area (Å²) in [5.74, 6) is -0.940. The van der Waals surface area contributed by atoms with Gasteiger partial charge >= 0.3 is 5.97 Å². The predicted molar refractivity (Wildman–Crippen MR) is 128 cm³/mol. The topological polar surface area (TPSA) is 92.1 Å². The third-order valence-corrected chi connectivity index (χ3v) is 6.62. The maximum Gasteiger partial charge on any atom is 0.348 e. The molecule has 1 N–H and O–H groups in total. The van der Waals surface area contributed by atoms with Gasteiger partial charge in [-0.15, -0.1) is 11.3 Å². The number of nitrogens with one attached hydrogen (secondary N) is 1. The van der Waals surface area contributed by atoms with Gasteiger partial charge in [-0.05, 0) is 36.8 Å². The second-order valence-corrected chi connectivity index (χ2v) is 8.84. The van der Waals surface area contributed by atoms with Gasteiger partial charge in [0.1, 0.15) is 15.9 Å². The lowest BCUT2D eigenvalue weighted by atomic mass is 10.0. The van der Waals surface area contributed by atoms with Gasteiger partial charge in [0.15, 0.2) is 0 Å². The third kappa shape index (κ3) is 4.00. The molecule has 2 aromatic carbocycles. The first-order valence-electron chi connectivity index (χ1n) is 9.51. The normalized spacial score (nSPS) is 10.6. The zero-order valence-electron chi connectivity index (χ0n) is 17.1. The van der Waals surface area contributed by atoms with E-state index in [0.717, 1.165) is 21.4 Å². The van der Waals surface area contributed by atoms with Crippen molar-refractivity contribution in [2.75, 3.05) is 12.4 Å². The van der Waals surface area contributed by atoms with Crippen molar-refractivity contribution in [3.8, 4) is 17.3 Å². The average Bonchev–Trinajstić information content (AvgIpc) is 3.12. The maximum atomic E-state index is 13.3. The van der Waals surface area contributed by atoms with E-state index < -0.39 is 11.9 Å². The minimum atomic E-state index is -0.546. The van der Waals surface area contributed by atoms with Crippen molar-refractivity contribution in [2.45, 2.75) is 6.92 Å². The summed E-state index contributed by atoms with van der Waals surface area (Å²) in [6.07, 6.45) is 0. The molecule has 6 nitrogen and oxygen atoms in total. The molecule has 1 amide bonds. The van der Waals surface area contributed by atoms with Crippen molar-refractivity contribution >= 4 is 55.0 Å². The number of amides is 1. The molecule has 32 heavy (non-hydrogen) atoms. The lowest BCUT2D eigenvalue weighted by Gasteiger charge is -2.10. The highest BCUT2D eigenvalue weighted by atomic mass is 79.9. The van der Waals surface area contributed by atoms with Crippen molar-refractivity contribution in [1.29, 1.82) is 5.26 Å². The smallest absolute Gasteiger partial charge is 0.348 e. The highest BCUT2D eigenvalue weighted by molar-refractivity contribution is 9.10. The molecule has 2 aromatic heterocycles. The van der Waals surface area contributed by atoms with Crippen LogP contribution in [0.25, 0.3) is 22.2 Å². The number of hydrogen-bond acceptors (Lipinski definition) is 6. The van der Waals surface area contributed by atoms with Crippen LogP contribution in [-0.4, -0.2) is 24.0 Å². The van der Waals surface area contributed by atoms with Gasteiger partial charge in [0.2, 0.25) is 0 Å². The van der Waals surface area contributed by atoms with Crippen LogP contribution in [0.4, 0.5) is 5.00 Å². The summed E-state index contributed by atoms with van der Waals surface area (Å²) in [6.45, 7) is 1.66. The van der Waals surface area contributed by atoms with Crippen molar-refractivity contribution in [3.05, 3.63) is 80.6 Å². The van der Waals surface area contributed by atoms with Crippen LogP contribution in [0, 0.1) is 18.3 Å². The molecule has 0 fully saturated rings. The quantitative estimate of drug-likeness (QED) is 0.346. The number of esters is 1. The first-order valence-corrected chi connectivity index (χ1v) is 11.1. The Morgan fingerprint density at radius 3 is 2.66 bits per heavy atom. The van der Waals surface area contributed by atoms with E-state index in [9.17, 15) is 14.9 Å². The first-order chi connectivity index (χ1) is 15.4. The number of para-hydroxylation sites is 1. The number of ether oxygens (including phenoxy) is 1. The van der Waals surface area contributed by atoms with Crippen LogP contribution >= 0.6 is 27.3 Å². The number of pyridine rings is 1. The summed E-state index contributed by atoms with van der Waals surface area (Å²) in [5, 5.41) is 13.4. The molecule has 0 saturated carbocycles. The molecule has 8 heteroatoms. The highest BCUT2D eigenvalue weighted by Crippen LogP contribution is 2.34. The van der Waals surface area contributed by atoms with E-state index in [1.54, 1.807) is 13.0 Å². The number of carbonyl (C=O) groups is 2. The molecule has 0 aliphatic carbocycles. The monoisotopic (exact) mass is 505 g/mol. The fourth-order valence-corrected chi connectivity index (χ4v) is 4.82. The molecule has 0 atom stereocenters. The molecule has 158 valence electrons. The number of anilines is 1. The molecule has 0 radical (unpaired) electrons. The van der Waals surface area contributed by atoms with Crippen molar-refractivity contribution < 1.29 is 14.3 Å². The van der Waals surface area contributed by atoms with Crippen LogP contribution in [0.2, 0.25) is 0 Å². The molecular weight excluding hydrogens is 490 g/mol. The van der Waals surface area contributed by atoms with Crippen molar-refractivity contribution in [1.82, 2.24) is 4.98 Å². The summed E-state index contributed by atoms with van der Waals surface area (Å²) in [4.78, 5) is 30.4. The zero-order chi connectivity index (χ0) is 22.8. The van der Waals surface area contributed by atoms with Gasteiger partial charge < -0.3 is 10.1 Å². The number of thiophene rings is 1. The van der Waals surface area contributed by atoms with Crippen molar-refractivity contribution in [3.63, 3.8) is 0 Å². The van der Waals surface area contributed by atoms with E-state index in [1.807, 2.05) is 48.5 Å². The summed E-state index contributed by atoms with van der Waals surface area (Å²) in [7, 11) is 1.28. The number of methoxy groups -OCH3 is 1. The summed E-state index contributed by atoms with van der Waals surface area (Å²) in [6, 6.07) is 18.8. The molecular formula is C24H16BrN3O3S. The minimum absolute atomic E-state index is 0.245. The molecule has 0 bridgehead atoms. The average molecular weight is 506 g/mol. The molecule has 4 rings (SSSR count). The molecule has 0 aliphatic heterocycles. The van der Waals surface area contributed by atoms with Gasteiger partial charge in [-0.3, -0.25) is 4.79 Å². The van der Waals surface area contributed by atoms with Gasteiger partial charge in [-0.1, -0.05) is 46.3 Å². The Bertz CT molecular complexity index is 1420. The fourth-order valence-electron chi connectivity index (χ4n) is 3.35. The summed E-state index contributed by atoms with van der Waals surface area (Å²) < 4.78 is 5.69. The van der Waals surface area contributed by atoms with Crippen LogP contribution < -0.4 is 5.32 Å². The van der Waals surface area contributed by atoms with Gasteiger partial charge in [-0.2, -0.15) is 5.26 Å². The number of carbonyl (C=O) groups excluding carboxylic acids is 2. The number of fused-ring (bicyclic) bond motifs is 1. The molecule has 2 heterocycles. The third-order valence-electron chi connectivity index (χ3n) is 4.94. The second kappa shape index (κ2) is 8.91. The van der Waals surface area contributed by atoms with Crippen LogP contribution in [0.3, 0.4) is 0 Å². The van der Waals surface area contributed by atoms with E-state index in [-0.39, 0.29) is 10.4 Å². The standard InChI is InChI=1S/C24H16BrN3O3S/c1-13-18(12-26)23(32-21(13)24(30)31-2)28-22(29)17-11-20(14-6-5-7-15(25)10-14)27-19-9-4-3-8-16(17)19/h3-11H,1-2H3,(H,28,29). The highest BCUT2D eigenvalue weighted by Gasteiger charge is 2.23. The molecule has 0 saturated heterocycles. The van der Waals surface area contributed by atoms with Crippen LogP contribution in [0.1, 0.15) is 31.2 Å². The van der Waals surface area contributed by atoms with Gasteiger partial charge in [0.05, 0.1) is 29.4 Å². The number of nitrogens with zero attached hydrogens (tertiary/aromatic N) is 2. The van der Waals surface area contributed by atoms with E-state index in [0.29, 0.717) is 32.7 Å². The molecule has 0 aliphatic rings. The first kappa shape index (κ1) is 21.7. The van der Waals surface area contributed by atoms with E-state index in [4.69, 9.17) is 9.72 Å². The number of aromatic nitrogens is 1. The van der Waals surface area contributed by atoms with E-state index in [2.05, 4.69) is 27.3 Å². The Hall–Kier alpha value is -3.54. The zero-order valence-corrected chi connectivity index (χ0v) is 19.5. The van der Waals surface area contributed by atoms with E-state index in [1.165, 1.54) is 7.11 Å². The Kier molecular flexibility index (Phi) is 6.04. The Labute approximate surface area is 196 Å². The number of benzene rings is 2. The lowest BCUT2D eigenvalue weighted by molar-refractivity contribution is 0.0605. The minimum Gasteiger partial charge on any atom is -0.465 e. The van der Waals surface area contributed by atoms with Crippen LogP contribution in [-0.2, 0) is 4.74 Å². The predicted octanol–water partition coefficient (Wildman–Crippen LogP) is 5.94. The number of halogens is 1. The van der Waals surface area contributed by atoms with Gasteiger partial charge in [0.25, 0.3) is 5.91 Å². The van der Waals surface area contributed by atoms with Gasteiger partial charge in [-0.25, -0.2) is 9.78 Å². The molecule has 0 spiro atoms. The molecule has 4 aromatic rings. The summed E-state index contributed by atoms with van der Waals surface area (Å²) in [5.41, 5.74) is 3.32. The van der Waals surface area contributed by atoms with Crippen LogP contribution in [0.5, 0.6) is 0 Å². The van der Waals surface area contributed by atoms with E-state index >= 15 is 0 Å².